The first kappa shape index (κ1) is 32.7. The second-order valence-electron chi connectivity index (χ2n) is 11.2. The molecule has 2 N–H and O–H groups in total. The lowest BCUT2D eigenvalue weighted by Crippen LogP contribution is -2.53. The van der Waals surface area contributed by atoms with Crippen molar-refractivity contribution in [2.75, 3.05) is 27.4 Å². The summed E-state index contributed by atoms with van der Waals surface area (Å²) < 4.78 is 97.7. The summed E-state index contributed by atoms with van der Waals surface area (Å²) >= 11 is 0. The molecule has 44 heavy (non-hydrogen) atoms. The number of carbonyl (C=O) groups is 2. The number of nitrogens with zero attached hydrogens (tertiary/aromatic N) is 6. The molecule has 1 aliphatic heterocycles. The molecule has 4 rings (SSSR count). The maximum absolute atomic E-state index is 13.6. The number of halogens is 6. The van der Waals surface area contributed by atoms with Crippen LogP contribution in [0.2, 0.25) is 0 Å². The third-order valence-corrected chi connectivity index (χ3v) is 7.56. The highest BCUT2D eigenvalue weighted by molar-refractivity contribution is 5.94. The van der Waals surface area contributed by atoms with Gasteiger partial charge < -0.3 is 25.0 Å². The van der Waals surface area contributed by atoms with Crippen molar-refractivity contribution in [1.29, 1.82) is 0 Å². The Morgan fingerprint density at radius 1 is 1.20 bits per heavy atom. The normalized spacial score (nSPS) is 19.2. The topological polar surface area (TPSA) is 149 Å². The number of hydrogen-bond donors (Lipinski definition) is 2. The molecule has 3 amide bonds. The molecule has 0 spiro atoms. The standard InChI is InChI=1S/C25H30F6N8O5/c1-22(2,24(26,27)28)7-6-14(34-19(40)18-20(43-5)37-44-36-18)15-10-39-17(33-15)8-13(9-32-39)16(11-42-4)38-12-23(3,25(29,30)31)35-21(38)41/h8-10,14,16H,6-7,11-12H2,1-5H3,(H,34,40)(H,35,41)/t14-,16+,23?/m0/s1. The predicted molar refractivity (Wildman–Crippen MR) is 137 cm³/mol. The van der Waals surface area contributed by atoms with Gasteiger partial charge in [-0.3, -0.25) is 4.79 Å². The van der Waals surface area contributed by atoms with Gasteiger partial charge in [0.2, 0.25) is 5.69 Å². The monoisotopic (exact) mass is 636 g/mol. The molecule has 0 aromatic carbocycles. The van der Waals surface area contributed by atoms with Crippen molar-refractivity contribution in [3.63, 3.8) is 0 Å². The second-order valence-corrected chi connectivity index (χ2v) is 11.2. The van der Waals surface area contributed by atoms with Gasteiger partial charge in [0.1, 0.15) is 0 Å². The summed E-state index contributed by atoms with van der Waals surface area (Å²) in [4.78, 5) is 31.0. The Bertz CT molecular complexity index is 1510. The molecule has 1 saturated heterocycles. The van der Waals surface area contributed by atoms with Crippen LogP contribution in [0.15, 0.2) is 23.1 Å². The second kappa shape index (κ2) is 11.7. The van der Waals surface area contributed by atoms with Gasteiger partial charge in [-0.05, 0) is 36.1 Å². The molecule has 0 radical (unpaired) electrons. The zero-order chi connectivity index (χ0) is 32.7. The number of carbonyl (C=O) groups excluding carboxylic acids is 2. The maximum Gasteiger partial charge on any atom is 0.413 e. The van der Waals surface area contributed by atoms with E-state index < -0.39 is 60.3 Å². The van der Waals surface area contributed by atoms with Crippen molar-refractivity contribution in [3.8, 4) is 5.88 Å². The Balaban J connectivity index is 1.67. The van der Waals surface area contributed by atoms with E-state index in [2.05, 4.69) is 30.3 Å². The summed E-state index contributed by atoms with van der Waals surface area (Å²) in [5, 5.41) is 15.7. The number of urea groups is 1. The Hall–Kier alpha value is -4.16. The van der Waals surface area contributed by atoms with Crippen LogP contribution in [0.5, 0.6) is 5.88 Å². The Labute approximate surface area is 246 Å². The maximum atomic E-state index is 13.6. The first-order chi connectivity index (χ1) is 20.4. The van der Waals surface area contributed by atoms with Crippen molar-refractivity contribution in [2.45, 2.75) is 63.6 Å². The molecule has 19 heteroatoms. The Morgan fingerprint density at radius 3 is 2.50 bits per heavy atom. The predicted octanol–water partition coefficient (Wildman–Crippen LogP) is 3.99. The number of hydrogen-bond acceptors (Lipinski definition) is 9. The fraction of sp³-hybridized carbons (Fsp3) is 0.600. The molecular formula is C25H30F6N8O5. The Kier molecular flexibility index (Phi) is 8.73. The van der Waals surface area contributed by atoms with E-state index in [0.717, 1.165) is 25.7 Å². The van der Waals surface area contributed by atoms with Crippen molar-refractivity contribution in [3.05, 3.63) is 35.4 Å². The van der Waals surface area contributed by atoms with Crippen LogP contribution < -0.4 is 15.4 Å². The van der Waals surface area contributed by atoms with Gasteiger partial charge in [0, 0.05) is 12.7 Å². The van der Waals surface area contributed by atoms with E-state index in [-0.39, 0.29) is 41.5 Å². The summed E-state index contributed by atoms with van der Waals surface area (Å²) in [6, 6.07) is -1.57. The molecule has 13 nitrogen and oxygen atoms in total. The molecule has 0 aliphatic carbocycles. The smallest absolute Gasteiger partial charge is 0.413 e. The highest BCUT2D eigenvalue weighted by atomic mass is 19.4. The number of methoxy groups -OCH3 is 2. The van der Waals surface area contributed by atoms with E-state index in [0.29, 0.717) is 0 Å². The minimum Gasteiger partial charge on any atom is -0.477 e. The fourth-order valence-corrected chi connectivity index (χ4v) is 4.58. The van der Waals surface area contributed by atoms with Crippen molar-refractivity contribution in [2.24, 2.45) is 5.41 Å². The molecule has 3 aromatic heterocycles. The molecule has 3 aromatic rings. The van der Waals surface area contributed by atoms with Crippen LogP contribution in [0.1, 0.15) is 67.4 Å². The summed E-state index contributed by atoms with van der Waals surface area (Å²) in [5.41, 5.74) is -4.38. The van der Waals surface area contributed by atoms with E-state index >= 15 is 0 Å². The number of alkyl halides is 6. The van der Waals surface area contributed by atoms with Gasteiger partial charge in [-0.15, -0.1) is 0 Å². The van der Waals surface area contributed by atoms with E-state index in [4.69, 9.17) is 9.47 Å². The minimum atomic E-state index is -4.72. The van der Waals surface area contributed by atoms with Gasteiger partial charge >= 0.3 is 18.4 Å². The van der Waals surface area contributed by atoms with E-state index in [1.54, 1.807) is 0 Å². The van der Waals surface area contributed by atoms with Gasteiger partial charge in [-0.25, -0.2) is 18.9 Å². The minimum absolute atomic E-state index is 0.128. The molecule has 242 valence electrons. The van der Waals surface area contributed by atoms with Crippen LogP contribution in [0.3, 0.4) is 0 Å². The summed E-state index contributed by atoms with van der Waals surface area (Å²) in [5.74, 6) is -1.09. The van der Waals surface area contributed by atoms with Gasteiger partial charge in [0.05, 0.1) is 55.8 Å². The van der Waals surface area contributed by atoms with Gasteiger partial charge in [0.15, 0.2) is 11.2 Å². The summed E-state index contributed by atoms with van der Waals surface area (Å²) in [7, 11) is 2.54. The molecule has 1 aliphatic rings. The summed E-state index contributed by atoms with van der Waals surface area (Å²) in [6.07, 6.45) is -7.17. The molecule has 1 fully saturated rings. The van der Waals surface area contributed by atoms with E-state index in [1.165, 1.54) is 37.2 Å². The highest BCUT2D eigenvalue weighted by Crippen LogP contribution is 2.42. The molecular weight excluding hydrogens is 606 g/mol. The lowest BCUT2D eigenvalue weighted by atomic mass is 9.85. The quantitative estimate of drug-likeness (QED) is 0.298. The first-order valence-corrected chi connectivity index (χ1v) is 13.1. The van der Waals surface area contributed by atoms with Crippen molar-refractivity contribution >= 4 is 17.6 Å². The van der Waals surface area contributed by atoms with E-state index in [9.17, 15) is 35.9 Å². The zero-order valence-corrected chi connectivity index (χ0v) is 24.2. The van der Waals surface area contributed by atoms with Crippen LogP contribution in [0, 0.1) is 5.41 Å². The van der Waals surface area contributed by atoms with Crippen LogP contribution in [-0.2, 0) is 4.74 Å². The fourth-order valence-electron chi connectivity index (χ4n) is 4.58. The lowest BCUT2D eigenvalue weighted by molar-refractivity contribution is -0.214. The number of fused-ring (bicyclic) bond motifs is 1. The molecule has 0 saturated carbocycles. The number of imidazole rings is 1. The number of amides is 3. The molecule has 4 heterocycles. The highest BCUT2D eigenvalue weighted by Gasteiger charge is 2.58. The number of ether oxygens (including phenoxy) is 2. The third-order valence-electron chi connectivity index (χ3n) is 7.56. The lowest BCUT2D eigenvalue weighted by Gasteiger charge is -2.29. The van der Waals surface area contributed by atoms with Gasteiger partial charge in [-0.2, -0.15) is 31.4 Å². The van der Waals surface area contributed by atoms with Crippen LogP contribution in [0.4, 0.5) is 31.1 Å². The van der Waals surface area contributed by atoms with E-state index in [1.807, 2.05) is 5.32 Å². The molecule has 3 atom stereocenters. The molecule has 1 unspecified atom stereocenters. The number of rotatable bonds is 11. The van der Waals surface area contributed by atoms with Crippen molar-refractivity contribution in [1.82, 2.24) is 40.4 Å². The molecule has 0 bridgehead atoms. The van der Waals surface area contributed by atoms with Crippen LogP contribution in [0.25, 0.3) is 5.65 Å². The van der Waals surface area contributed by atoms with Crippen LogP contribution in [-0.4, -0.2) is 87.0 Å². The number of aromatic nitrogens is 5. The average Bonchev–Trinajstić information content (AvgIpc) is 3.65. The third kappa shape index (κ3) is 6.36. The Morgan fingerprint density at radius 2 is 1.91 bits per heavy atom. The van der Waals surface area contributed by atoms with Crippen LogP contribution >= 0.6 is 0 Å². The summed E-state index contributed by atoms with van der Waals surface area (Å²) in [6.45, 7) is 2.06. The van der Waals surface area contributed by atoms with Gasteiger partial charge in [0.25, 0.3) is 11.8 Å². The SMILES string of the molecule is COC[C@H](c1cnn2cc([C@H](CCC(C)(C)C(F)(F)F)NC(=O)c3nonc3OC)nc2c1)N1CC(C)(C(F)(F)F)NC1=O. The first-order valence-electron chi connectivity index (χ1n) is 13.1. The van der Waals surface area contributed by atoms with Crippen molar-refractivity contribution < 1.29 is 50.0 Å². The average molecular weight is 637 g/mol. The largest absolute Gasteiger partial charge is 0.477 e. The number of nitrogens with one attached hydrogen (secondary N) is 2. The zero-order valence-electron chi connectivity index (χ0n) is 24.2. The van der Waals surface area contributed by atoms with Gasteiger partial charge in [-0.1, -0.05) is 13.8 Å².